The molecule has 0 atom stereocenters. The third-order valence-corrected chi connectivity index (χ3v) is 2.65. The SMILES string of the molecule is Cc1cccc[n+]1CCc1ccccc1. The first-order valence-electron chi connectivity index (χ1n) is 5.35. The van der Waals surface area contributed by atoms with Crippen molar-refractivity contribution < 1.29 is 4.57 Å². The zero-order chi connectivity index (χ0) is 10.5. The van der Waals surface area contributed by atoms with Gasteiger partial charge >= 0.3 is 0 Å². The summed E-state index contributed by atoms with van der Waals surface area (Å²) in [5, 5.41) is 0. The van der Waals surface area contributed by atoms with Crippen LogP contribution in [0.5, 0.6) is 0 Å². The van der Waals surface area contributed by atoms with Crippen molar-refractivity contribution in [2.75, 3.05) is 0 Å². The Morgan fingerprint density at radius 2 is 1.67 bits per heavy atom. The fraction of sp³-hybridized carbons (Fsp3) is 0.214. The highest BCUT2D eigenvalue weighted by Gasteiger charge is 2.03. The van der Waals surface area contributed by atoms with E-state index in [4.69, 9.17) is 0 Å². The first-order chi connectivity index (χ1) is 7.36. The van der Waals surface area contributed by atoms with Crippen molar-refractivity contribution in [2.24, 2.45) is 0 Å². The Morgan fingerprint density at radius 1 is 0.933 bits per heavy atom. The zero-order valence-corrected chi connectivity index (χ0v) is 9.06. The van der Waals surface area contributed by atoms with E-state index < -0.39 is 0 Å². The largest absolute Gasteiger partial charge is 0.202 e. The third-order valence-electron chi connectivity index (χ3n) is 2.65. The summed E-state index contributed by atoms with van der Waals surface area (Å²) in [4.78, 5) is 0. The fourth-order valence-electron chi connectivity index (χ4n) is 1.71. The Bertz CT molecular complexity index is 420. The number of aromatic nitrogens is 1. The van der Waals surface area contributed by atoms with E-state index in [9.17, 15) is 0 Å². The second kappa shape index (κ2) is 4.74. The molecule has 0 saturated heterocycles. The van der Waals surface area contributed by atoms with Crippen LogP contribution in [0.15, 0.2) is 54.7 Å². The van der Waals surface area contributed by atoms with Gasteiger partial charge < -0.3 is 0 Å². The fourth-order valence-corrected chi connectivity index (χ4v) is 1.71. The number of nitrogens with zero attached hydrogens (tertiary/aromatic N) is 1. The van der Waals surface area contributed by atoms with Crippen LogP contribution in [0.1, 0.15) is 11.3 Å². The van der Waals surface area contributed by atoms with E-state index >= 15 is 0 Å². The average Bonchev–Trinajstić information content (AvgIpc) is 2.29. The molecule has 1 heterocycles. The van der Waals surface area contributed by atoms with E-state index in [1.807, 2.05) is 0 Å². The number of hydrogen-bond acceptors (Lipinski definition) is 0. The molecule has 2 aromatic rings. The molecule has 0 amide bonds. The minimum atomic E-state index is 1.05. The predicted molar refractivity (Wildman–Crippen MR) is 61.5 cm³/mol. The molecular formula is C14H16N+. The molecule has 76 valence electrons. The summed E-state index contributed by atoms with van der Waals surface area (Å²) in [6, 6.07) is 16.9. The second-order valence-electron chi connectivity index (χ2n) is 3.77. The van der Waals surface area contributed by atoms with Gasteiger partial charge in [0.2, 0.25) is 0 Å². The van der Waals surface area contributed by atoms with Gasteiger partial charge in [-0.1, -0.05) is 36.4 Å². The molecule has 1 aromatic carbocycles. The molecule has 0 saturated carbocycles. The first kappa shape index (κ1) is 9.91. The molecule has 1 heteroatoms. The smallest absolute Gasteiger partial charge is 0.178 e. The molecule has 0 spiro atoms. The van der Waals surface area contributed by atoms with Gasteiger partial charge in [-0.2, -0.15) is 0 Å². The van der Waals surface area contributed by atoms with Crippen LogP contribution in [0.25, 0.3) is 0 Å². The summed E-state index contributed by atoms with van der Waals surface area (Å²) in [6.07, 6.45) is 3.23. The van der Waals surface area contributed by atoms with Gasteiger partial charge in [-0.3, -0.25) is 0 Å². The summed E-state index contributed by atoms with van der Waals surface area (Å²) in [5.74, 6) is 0. The number of rotatable bonds is 3. The lowest BCUT2D eigenvalue weighted by Crippen LogP contribution is -2.37. The van der Waals surface area contributed by atoms with Crippen molar-refractivity contribution in [3.05, 3.63) is 66.0 Å². The molecule has 2 rings (SSSR count). The normalized spacial score (nSPS) is 10.2. The van der Waals surface area contributed by atoms with Crippen molar-refractivity contribution in [2.45, 2.75) is 19.9 Å². The second-order valence-corrected chi connectivity index (χ2v) is 3.77. The van der Waals surface area contributed by atoms with Crippen molar-refractivity contribution in [3.8, 4) is 0 Å². The van der Waals surface area contributed by atoms with Crippen LogP contribution < -0.4 is 4.57 Å². The summed E-state index contributed by atoms with van der Waals surface area (Å²) in [6.45, 7) is 3.20. The summed E-state index contributed by atoms with van der Waals surface area (Å²) < 4.78 is 2.28. The van der Waals surface area contributed by atoms with Gasteiger partial charge in [-0.15, -0.1) is 0 Å². The Morgan fingerprint density at radius 3 is 2.40 bits per heavy atom. The topological polar surface area (TPSA) is 3.88 Å². The maximum Gasteiger partial charge on any atom is 0.178 e. The summed E-state index contributed by atoms with van der Waals surface area (Å²) in [5.41, 5.74) is 2.71. The molecule has 15 heavy (non-hydrogen) atoms. The van der Waals surface area contributed by atoms with Crippen molar-refractivity contribution in [1.82, 2.24) is 0 Å². The van der Waals surface area contributed by atoms with Gasteiger partial charge in [0.1, 0.15) is 0 Å². The molecular weight excluding hydrogens is 182 g/mol. The molecule has 1 nitrogen and oxygen atoms in total. The maximum absolute atomic E-state index is 2.28. The molecule has 0 unspecified atom stereocenters. The predicted octanol–water partition coefficient (Wildman–Crippen LogP) is 2.53. The van der Waals surface area contributed by atoms with Crippen molar-refractivity contribution >= 4 is 0 Å². The van der Waals surface area contributed by atoms with Gasteiger partial charge in [0.05, 0.1) is 0 Å². The minimum Gasteiger partial charge on any atom is -0.202 e. The lowest BCUT2D eigenvalue weighted by Gasteiger charge is -2.00. The Labute approximate surface area is 91.0 Å². The standard InChI is InChI=1S/C14H16N/c1-13-7-5-6-11-15(13)12-10-14-8-3-2-4-9-14/h2-9,11H,10,12H2,1H3/q+1. The Kier molecular flexibility index (Phi) is 3.13. The van der Waals surface area contributed by atoms with E-state index in [0.29, 0.717) is 0 Å². The van der Waals surface area contributed by atoms with Crippen LogP contribution in [0.2, 0.25) is 0 Å². The van der Waals surface area contributed by atoms with E-state index in [1.54, 1.807) is 0 Å². The maximum atomic E-state index is 2.28. The average molecular weight is 198 g/mol. The molecule has 0 aliphatic carbocycles. The summed E-state index contributed by atoms with van der Waals surface area (Å²) >= 11 is 0. The van der Waals surface area contributed by atoms with E-state index in [-0.39, 0.29) is 0 Å². The monoisotopic (exact) mass is 198 g/mol. The van der Waals surface area contributed by atoms with Crippen LogP contribution >= 0.6 is 0 Å². The molecule has 1 aromatic heterocycles. The number of hydrogen-bond donors (Lipinski definition) is 0. The molecule has 0 aliphatic rings. The van der Waals surface area contributed by atoms with Crippen LogP contribution in [0.4, 0.5) is 0 Å². The summed E-state index contributed by atoms with van der Waals surface area (Å²) in [7, 11) is 0. The van der Waals surface area contributed by atoms with Crippen molar-refractivity contribution in [3.63, 3.8) is 0 Å². The van der Waals surface area contributed by atoms with Crippen LogP contribution in [-0.2, 0) is 13.0 Å². The molecule has 0 aliphatic heterocycles. The van der Waals surface area contributed by atoms with Gasteiger partial charge in [0.15, 0.2) is 18.4 Å². The Balaban J connectivity index is 2.03. The molecule has 0 radical (unpaired) electrons. The van der Waals surface area contributed by atoms with Crippen molar-refractivity contribution in [1.29, 1.82) is 0 Å². The van der Waals surface area contributed by atoms with Gasteiger partial charge in [0, 0.05) is 25.5 Å². The lowest BCUT2D eigenvalue weighted by molar-refractivity contribution is -0.702. The molecule has 0 bridgehead atoms. The highest BCUT2D eigenvalue weighted by atomic mass is 14.9. The zero-order valence-electron chi connectivity index (χ0n) is 9.06. The van der Waals surface area contributed by atoms with Crippen LogP contribution in [0.3, 0.4) is 0 Å². The number of benzene rings is 1. The lowest BCUT2D eigenvalue weighted by atomic mass is 10.1. The molecule has 0 fully saturated rings. The van der Waals surface area contributed by atoms with Crippen LogP contribution in [0, 0.1) is 6.92 Å². The van der Waals surface area contributed by atoms with E-state index in [0.717, 1.165) is 13.0 Å². The third kappa shape index (κ3) is 2.66. The number of pyridine rings is 1. The quantitative estimate of drug-likeness (QED) is 0.667. The van der Waals surface area contributed by atoms with Gasteiger partial charge in [-0.05, 0) is 5.56 Å². The first-order valence-corrected chi connectivity index (χ1v) is 5.35. The van der Waals surface area contributed by atoms with Crippen LogP contribution in [-0.4, -0.2) is 0 Å². The highest BCUT2D eigenvalue weighted by Crippen LogP contribution is 1.99. The van der Waals surface area contributed by atoms with Gasteiger partial charge in [0.25, 0.3) is 0 Å². The van der Waals surface area contributed by atoms with E-state index in [1.165, 1.54) is 11.3 Å². The van der Waals surface area contributed by atoms with E-state index in [2.05, 4.69) is 66.2 Å². The molecule has 0 N–H and O–H groups in total. The number of aryl methyl sites for hydroxylation is 3. The Hall–Kier alpha value is -1.63. The minimum absolute atomic E-state index is 1.05. The highest BCUT2D eigenvalue weighted by molar-refractivity contribution is 5.14. The van der Waals surface area contributed by atoms with Gasteiger partial charge in [-0.25, -0.2) is 4.57 Å².